The standard InChI is InChI=1S/C22H25Cl4N3O4S/c1-14(22(31)27-2)28(13-15-6-7-16(23)11-19(15)26)21(30)5-4-10-29(34(3,32)33)20-12-17(24)8-9-18(20)25/h6-9,11-12,14H,4-5,10,13H2,1-3H3,(H,27,31)/t14-/m1/s1. The molecule has 0 aliphatic heterocycles. The second-order valence-electron chi connectivity index (χ2n) is 7.58. The Morgan fingerprint density at radius 2 is 1.62 bits per heavy atom. The number of amides is 2. The first-order valence-electron chi connectivity index (χ1n) is 10.2. The average molecular weight is 569 g/mol. The molecule has 34 heavy (non-hydrogen) atoms. The van der Waals surface area contributed by atoms with Gasteiger partial charge in [0.05, 0.1) is 17.0 Å². The molecule has 7 nitrogen and oxygen atoms in total. The smallest absolute Gasteiger partial charge is 0.242 e. The highest BCUT2D eigenvalue weighted by molar-refractivity contribution is 7.92. The zero-order valence-corrected chi connectivity index (χ0v) is 22.7. The van der Waals surface area contributed by atoms with Gasteiger partial charge in [0.1, 0.15) is 6.04 Å². The topological polar surface area (TPSA) is 86.8 Å². The van der Waals surface area contributed by atoms with Gasteiger partial charge in [-0.2, -0.15) is 0 Å². The number of halogens is 4. The molecule has 0 unspecified atom stereocenters. The van der Waals surface area contributed by atoms with Crippen LogP contribution < -0.4 is 9.62 Å². The van der Waals surface area contributed by atoms with Gasteiger partial charge >= 0.3 is 0 Å². The molecule has 0 heterocycles. The summed E-state index contributed by atoms with van der Waals surface area (Å²) in [5, 5.41) is 3.90. The Morgan fingerprint density at radius 3 is 2.21 bits per heavy atom. The lowest BCUT2D eigenvalue weighted by molar-refractivity contribution is -0.140. The summed E-state index contributed by atoms with van der Waals surface area (Å²) in [7, 11) is -2.21. The molecule has 0 spiro atoms. The second kappa shape index (κ2) is 12.3. The fourth-order valence-electron chi connectivity index (χ4n) is 3.28. The van der Waals surface area contributed by atoms with Crippen LogP contribution in [-0.2, 0) is 26.2 Å². The molecule has 2 amide bonds. The summed E-state index contributed by atoms with van der Waals surface area (Å²) in [6, 6.07) is 8.63. The maximum absolute atomic E-state index is 13.1. The van der Waals surface area contributed by atoms with Gasteiger partial charge in [-0.25, -0.2) is 8.42 Å². The van der Waals surface area contributed by atoms with Gasteiger partial charge in [-0.15, -0.1) is 0 Å². The third kappa shape index (κ3) is 7.65. The molecular weight excluding hydrogens is 544 g/mol. The number of hydrogen-bond donors (Lipinski definition) is 1. The van der Waals surface area contributed by atoms with Crippen molar-refractivity contribution in [1.29, 1.82) is 0 Å². The number of nitrogens with one attached hydrogen (secondary N) is 1. The fraction of sp³-hybridized carbons (Fsp3) is 0.364. The van der Waals surface area contributed by atoms with Crippen molar-refractivity contribution in [3.8, 4) is 0 Å². The van der Waals surface area contributed by atoms with E-state index in [9.17, 15) is 18.0 Å². The first kappa shape index (κ1) is 28.5. The van der Waals surface area contributed by atoms with Crippen LogP contribution in [0.25, 0.3) is 0 Å². The van der Waals surface area contributed by atoms with E-state index >= 15 is 0 Å². The quantitative estimate of drug-likeness (QED) is 0.436. The molecule has 2 aromatic carbocycles. The zero-order chi connectivity index (χ0) is 25.6. The molecule has 1 N–H and O–H groups in total. The van der Waals surface area contributed by atoms with Crippen LogP contribution in [0.3, 0.4) is 0 Å². The van der Waals surface area contributed by atoms with Crippen LogP contribution in [0, 0.1) is 0 Å². The van der Waals surface area contributed by atoms with E-state index in [0.717, 1.165) is 10.6 Å². The normalized spacial score (nSPS) is 12.2. The molecule has 12 heteroatoms. The van der Waals surface area contributed by atoms with Crippen molar-refractivity contribution in [2.24, 2.45) is 0 Å². The molecule has 2 aromatic rings. The maximum Gasteiger partial charge on any atom is 0.242 e. The zero-order valence-electron chi connectivity index (χ0n) is 18.8. The lowest BCUT2D eigenvalue weighted by Gasteiger charge is -2.29. The average Bonchev–Trinajstić information content (AvgIpc) is 2.76. The highest BCUT2D eigenvalue weighted by Gasteiger charge is 2.27. The van der Waals surface area contributed by atoms with E-state index in [0.29, 0.717) is 20.6 Å². The minimum absolute atomic E-state index is 0.00542. The van der Waals surface area contributed by atoms with E-state index < -0.39 is 16.1 Å². The number of nitrogens with zero attached hydrogens (tertiary/aromatic N) is 2. The van der Waals surface area contributed by atoms with Crippen molar-refractivity contribution in [2.45, 2.75) is 32.4 Å². The molecule has 0 radical (unpaired) electrons. The number of sulfonamides is 1. The van der Waals surface area contributed by atoms with Crippen molar-refractivity contribution in [1.82, 2.24) is 10.2 Å². The van der Waals surface area contributed by atoms with Gasteiger partial charge in [-0.3, -0.25) is 13.9 Å². The molecule has 2 rings (SSSR count). The Kier molecular flexibility index (Phi) is 10.3. The van der Waals surface area contributed by atoms with E-state index in [4.69, 9.17) is 46.4 Å². The summed E-state index contributed by atoms with van der Waals surface area (Å²) < 4.78 is 25.9. The Labute approximate surface area is 220 Å². The van der Waals surface area contributed by atoms with E-state index in [1.165, 1.54) is 24.1 Å². The molecule has 0 saturated heterocycles. The Bertz CT molecular complexity index is 1160. The van der Waals surface area contributed by atoms with E-state index in [1.807, 2.05) is 0 Å². The summed E-state index contributed by atoms with van der Waals surface area (Å²) in [5.74, 6) is -0.685. The number of carbonyl (C=O) groups excluding carboxylic acids is 2. The number of likely N-dealkylation sites (N-methyl/N-ethyl adjacent to an activating group) is 1. The fourth-order valence-corrected chi connectivity index (χ4v) is 5.16. The molecule has 0 fully saturated rings. The first-order chi connectivity index (χ1) is 15.8. The van der Waals surface area contributed by atoms with Crippen LogP contribution in [0.1, 0.15) is 25.3 Å². The van der Waals surface area contributed by atoms with Crippen LogP contribution >= 0.6 is 46.4 Å². The van der Waals surface area contributed by atoms with Gasteiger partial charge in [0.15, 0.2) is 0 Å². The van der Waals surface area contributed by atoms with Gasteiger partial charge in [0.25, 0.3) is 0 Å². The van der Waals surface area contributed by atoms with Crippen LogP contribution in [-0.4, -0.2) is 51.0 Å². The van der Waals surface area contributed by atoms with Crippen LogP contribution in [0.5, 0.6) is 0 Å². The largest absolute Gasteiger partial charge is 0.357 e. The molecular formula is C22H25Cl4N3O4S. The van der Waals surface area contributed by atoms with Crippen LogP contribution in [0.2, 0.25) is 20.1 Å². The van der Waals surface area contributed by atoms with Crippen molar-refractivity contribution in [2.75, 3.05) is 24.2 Å². The molecule has 0 aliphatic rings. The third-order valence-corrected chi connectivity index (χ3v) is 7.42. The molecule has 186 valence electrons. The summed E-state index contributed by atoms with van der Waals surface area (Å²) in [6.45, 7) is 1.68. The summed E-state index contributed by atoms with van der Waals surface area (Å²) >= 11 is 24.4. The first-order valence-corrected chi connectivity index (χ1v) is 13.6. The van der Waals surface area contributed by atoms with E-state index in [1.54, 1.807) is 31.2 Å². The summed E-state index contributed by atoms with van der Waals surface area (Å²) in [6.07, 6.45) is 1.21. The lowest BCUT2D eigenvalue weighted by Crippen LogP contribution is -2.46. The van der Waals surface area contributed by atoms with Gasteiger partial charge in [-0.05, 0) is 49.2 Å². The Hall–Kier alpha value is -1.71. The van der Waals surface area contributed by atoms with Gasteiger partial charge < -0.3 is 10.2 Å². The van der Waals surface area contributed by atoms with Gasteiger partial charge in [0.2, 0.25) is 21.8 Å². The van der Waals surface area contributed by atoms with Crippen molar-refractivity contribution in [3.63, 3.8) is 0 Å². The van der Waals surface area contributed by atoms with Gasteiger partial charge in [-0.1, -0.05) is 52.5 Å². The molecule has 1 atom stereocenters. The maximum atomic E-state index is 13.1. The van der Waals surface area contributed by atoms with E-state index in [-0.39, 0.29) is 48.5 Å². The number of carbonyl (C=O) groups is 2. The Morgan fingerprint density at radius 1 is 1.00 bits per heavy atom. The molecule has 0 aromatic heterocycles. The summed E-state index contributed by atoms with van der Waals surface area (Å²) in [5.41, 5.74) is 0.853. The minimum atomic E-state index is -3.70. The van der Waals surface area contributed by atoms with Crippen LogP contribution in [0.15, 0.2) is 36.4 Å². The molecule has 0 aliphatic carbocycles. The molecule has 0 saturated carbocycles. The van der Waals surface area contributed by atoms with E-state index in [2.05, 4.69) is 5.32 Å². The summed E-state index contributed by atoms with van der Waals surface area (Å²) in [4.78, 5) is 26.8. The SMILES string of the molecule is CNC(=O)[C@@H](C)N(Cc1ccc(Cl)cc1Cl)C(=O)CCCN(c1cc(Cl)ccc1Cl)S(C)(=O)=O. The third-order valence-electron chi connectivity index (χ3n) is 5.10. The highest BCUT2D eigenvalue weighted by atomic mass is 35.5. The number of hydrogen-bond acceptors (Lipinski definition) is 4. The number of rotatable bonds is 10. The second-order valence-corrected chi connectivity index (χ2v) is 11.2. The predicted molar refractivity (Wildman–Crippen MR) is 138 cm³/mol. The van der Waals surface area contributed by atoms with Crippen LogP contribution in [0.4, 0.5) is 5.69 Å². The number of anilines is 1. The highest BCUT2D eigenvalue weighted by Crippen LogP contribution is 2.31. The van der Waals surface area contributed by atoms with Gasteiger partial charge in [0, 0.05) is 41.6 Å². The minimum Gasteiger partial charge on any atom is -0.357 e. The Balaban J connectivity index is 2.21. The monoisotopic (exact) mass is 567 g/mol. The predicted octanol–water partition coefficient (Wildman–Crippen LogP) is 5.01. The lowest BCUT2D eigenvalue weighted by atomic mass is 10.1. The molecule has 0 bridgehead atoms. The van der Waals surface area contributed by atoms with Crippen molar-refractivity contribution < 1.29 is 18.0 Å². The van der Waals surface area contributed by atoms with Crippen molar-refractivity contribution >= 4 is 73.9 Å². The number of benzene rings is 2. The van der Waals surface area contributed by atoms with Crippen molar-refractivity contribution in [3.05, 3.63) is 62.1 Å².